The number of ether oxygens (including phenoxy) is 1. The molecular weight excluding hydrogens is 342 g/mol. The van der Waals surface area contributed by atoms with Crippen molar-refractivity contribution in [2.45, 2.75) is 18.9 Å². The van der Waals surface area contributed by atoms with Crippen LogP contribution in [0.25, 0.3) is 21.3 Å². The summed E-state index contributed by atoms with van der Waals surface area (Å²) in [5, 5.41) is 9.61. The fraction of sp³-hybridized carbons (Fsp3) is 0.333. The molecule has 0 saturated carbocycles. The quantitative estimate of drug-likeness (QED) is 0.700. The van der Waals surface area contributed by atoms with E-state index in [4.69, 9.17) is 4.74 Å². The number of rotatable bonds is 4. The maximum atomic E-state index is 9.61. The zero-order valence-corrected chi connectivity index (χ0v) is 15.4. The number of benzene rings is 2. The molecule has 1 saturated heterocycles. The van der Waals surface area contributed by atoms with E-state index in [1.807, 2.05) is 5.51 Å². The summed E-state index contributed by atoms with van der Waals surface area (Å²) < 4.78 is 6.72. The Balaban J connectivity index is 1.48. The lowest BCUT2D eigenvalue weighted by Crippen LogP contribution is -2.37. The van der Waals surface area contributed by atoms with E-state index < -0.39 is 0 Å². The van der Waals surface area contributed by atoms with Gasteiger partial charge in [0.05, 0.1) is 28.4 Å². The maximum Gasteiger partial charge on any atom is 0.102 e. The Morgan fingerprint density at radius 1 is 1.12 bits per heavy atom. The van der Waals surface area contributed by atoms with Crippen LogP contribution in [0.4, 0.5) is 0 Å². The average Bonchev–Trinajstić information content (AvgIpc) is 2.99. The predicted molar refractivity (Wildman–Crippen MR) is 105 cm³/mol. The zero-order valence-electron chi connectivity index (χ0n) is 14.6. The number of fused-ring (bicyclic) bond motifs is 1. The van der Waals surface area contributed by atoms with Crippen LogP contribution >= 0.6 is 11.3 Å². The number of hydrogen-bond acceptors (Lipinski definition) is 5. The Morgan fingerprint density at radius 2 is 1.96 bits per heavy atom. The highest BCUT2D eigenvalue weighted by Crippen LogP contribution is 2.26. The van der Waals surface area contributed by atoms with Crippen molar-refractivity contribution in [3.8, 4) is 17.2 Å². The number of hydrogen-bond donors (Lipinski definition) is 0. The SMILES string of the molecule is N#C[C@H](Cc1ccc(-c2ccc3scnc3c2)cc1)N1CCCOCC1. The van der Waals surface area contributed by atoms with E-state index in [1.54, 1.807) is 11.3 Å². The predicted octanol–water partition coefficient (Wildman–Crippen LogP) is 4.12. The molecule has 4 nitrogen and oxygen atoms in total. The van der Waals surface area contributed by atoms with Gasteiger partial charge in [0, 0.05) is 26.1 Å². The van der Waals surface area contributed by atoms with Gasteiger partial charge in [-0.15, -0.1) is 11.3 Å². The molecule has 0 aliphatic carbocycles. The third-order valence-corrected chi connectivity index (χ3v) is 5.70. The minimum atomic E-state index is -0.0890. The van der Waals surface area contributed by atoms with Gasteiger partial charge >= 0.3 is 0 Å². The van der Waals surface area contributed by atoms with Crippen molar-refractivity contribution >= 4 is 21.6 Å². The molecule has 1 fully saturated rings. The second-order valence-corrected chi connectivity index (χ2v) is 7.47. The molecule has 4 rings (SSSR count). The lowest BCUT2D eigenvalue weighted by Gasteiger charge is -2.24. The van der Waals surface area contributed by atoms with Crippen LogP contribution in [0.5, 0.6) is 0 Å². The van der Waals surface area contributed by atoms with Crippen molar-refractivity contribution in [3.05, 3.63) is 53.5 Å². The van der Waals surface area contributed by atoms with Gasteiger partial charge in [0.2, 0.25) is 0 Å². The summed E-state index contributed by atoms with van der Waals surface area (Å²) >= 11 is 1.66. The van der Waals surface area contributed by atoms with Crippen molar-refractivity contribution < 1.29 is 4.74 Å². The average molecular weight is 363 g/mol. The van der Waals surface area contributed by atoms with Crippen LogP contribution in [0.2, 0.25) is 0 Å². The molecule has 1 atom stereocenters. The van der Waals surface area contributed by atoms with Gasteiger partial charge in [-0.2, -0.15) is 5.26 Å². The van der Waals surface area contributed by atoms with Gasteiger partial charge in [0.1, 0.15) is 6.04 Å². The van der Waals surface area contributed by atoms with Crippen LogP contribution in [0.15, 0.2) is 48.0 Å². The smallest absolute Gasteiger partial charge is 0.102 e. The number of nitriles is 1. The molecule has 0 spiro atoms. The van der Waals surface area contributed by atoms with Gasteiger partial charge in [-0.1, -0.05) is 30.3 Å². The molecule has 3 aromatic rings. The first-order valence-electron chi connectivity index (χ1n) is 8.97. The molecular formula is C21H21N3OS. The van der Waals surface area contributed by atoms with E-state index in [0.29, 0.717) is 0 Å². The summed E-state index contributed by atoms with van der Waals surface area (Å²) in [5.74, 6) is 0. The van der Waals surface area contributed by atoms with E-state index in [-0.39, 0.29) is 6.04 Å². The lowest BCUT2D eigenvalue weighted by molar-refractivity contribution is 0.137. The Morgan fingerprint density at radius 3 is 2.81 bits per heavy atom. The Kier molecular flexibility index (Phi) is 5.26. The van der Waals surface area contributed by atoms with Crippen molar-refractivity contribution in [1.29, 1.82) is 5.26 Å². The van der Waals surface area contributed by atoms with Gasteiger partial charge < -0.3 is 4.74 Å². The van der Waals surface area contributed by atoms with Crippen LogP contribution in [0.1, 0.15) is 12.0 Å². The lowest BCUT2D eigenvalue weighted by atomic mass is 10.00. The first-order chi connectivity index (χ1) is 12.8. The standard InChI is InChI=1S/C21H21N3OS/c22-14-19(24-8-1-10-25-11-9-24)12-16-2-4-17(5-3-16)18-6-7-21-20(13-18)23-15-26-21/h2-7,13,15,19H,1,8-12H2/t19-/m0/s1. The molecule has 0 bridgehead atoms. The van der Waals surface area contributed by atoms with E-state index in [0.717, 1.165) is 44.7 Å². The fourth-order valence-corrected chi connectivity index (χ4v) is 4.09. The first-order valence-corrected chi connectivity index (χ1v) is 9.85. The summed E-state index contributed by atoms with van der Waals surface area (Å²) in [4.78, 5) is 6.65. The van der Waals surface area contributed by atoms with E-state index in [2.05, 4.69) is 58.4 Å². The van der Waals surface area contributed by atoms with Gasteiger partial charge in [-0.3, -0.25) is 4.90 Å². The number of nitrogens with zero attached hydrogens (tertiary/aromatic N) is 3. The molecule has 0 unspecified atom stereocenters. The van der Waals surface area contributed by atoms with Crippen molar-refractivity contribution in [2.75, 3.05) is 26.3 Å². The second-order valence-electron chi connectivity index (χ2n) is 6.58. The topological polar surface area (TPSA) is 49.2 Å². The maximum absolute atomic E-state index is 9.61. The highest BCUT2D eigenvalue weighted by atomic mass is 32.1. The molecule has 26 heavy (non-hydrogen) atoms. The first kappa shape index (κ1) is 17.2. The number of aromatic nitrogens is 1. The molecule has 2 aromatic carbocycles. The van der Waals surface area contributed by atoms with E-state index >= 15 is 0 Å². The van der Waals surface area contributed by atoms with Gasteiger partial charge in [0.25, 0.3) is 0 Å². The number of thiazole rings is 1. The third kappa shape index (κ3) is 3.78. The fourth-order valence-electron chi connectivity index (χ4n) is 3.43. The summed E-state index contributed by atoms with van der Waals surface area (Å²) in [6.07, 6.45) is 1.75. The minimum absolute atomic E-state index is 0.0890. The zero-order chi connectivity index (χ0) is 17.8. The van der Waals surface area contributed by atoms with Gasteiger partial charge in [0.15, 0.2) is 0 Å². The van der Waals surface area contributed by atoms with Crippen LogP contribution < -0.4 is 0 Å². The van der Waals surface area contributed by atoms with Crippen molar-refractivity contribution in [2.24, 2.45) is 0 Å². The largest absolute Gasteiger partial charge is 0.380 e. The molecule has 132 valence electrons. The third-order valence-electron chi connectivity index (χ3n) is 4.89. The molecule has 0 radical (unpaired) electrons. The summed E-state index contributed by atoms with van der Waals surface area (Å²) in [5.41, 5.74) is 6.48. The summed E-state index contributed by atoms with van der Waals surface area (Å²) in [7, 11) is 0. The molecule has 1 aliphatic rings. The van der Waals surface area contributed by atoms with E-state index in [9.17, 15) is 5.26 Å². The molecule has 5 heteroatoms. The highest BCUT2D eigenvalue weighted by Gasteiger charge is 2.19. The molecule has 0 amide bonds. The summed E-state index contributed by atoms with van der Waals surface area (Å²) in [6.45, 7) is 3.29. The monoisotopic (exact) mass is 363 g/mol. The van der Waals surface area contributed by atoms with Crippen LogP contribution in [0.3, 0.4) is 0 Å². The van der Waals surface area contributed by atoms with Crippen LogP contribution in [0, 0.1) is 11.3 Å². The Bertz CT molecular complexity index is 905. The Hall–Kier alpha value is -2.26. The van der Waals surface area contributed by atoms with Gasteiger partial charge in [-0.05, 0) is 35.2 Å². The molecule has 1 aliphatic heterocycles. The van der Waals surface area contributed by atoms with E-state index in [1.165, 1.54) is 21.4 Å². The summed E-state index contributed by atoms with van der Waals surface area (Å²) in [6, 6.07) is 17.4. The molecule has 1 aromatic heterocycles. The van der Waals surface area contributed by atoms with Crippen LogP contribution in [-0.2, 0) is 11.2 Å². The Labute approximate surface area is 157 Å². The van der Waals surface area contributed by atoms with Crippen molar-refractivity contribution in [1.82, 2.24) is 9.88 Å². The molecule has 2 heterocycles. The van der Waals surface area contributed by atoms with Crippen LogP contribution in [-0.4, -0.2) is 42.2 Å². The van der Waals surface area contributed by atoms with Crippen molar-refractivity contribution in [3.63, 3.8) is 0 Å². The van der Waals surface area contributed by atoms with Gasteiger partial charge in [-0.25, -0.2) is 4.98 Å². The second kappa shape index (κ2) is 7.96. The molecule has 0 N–H and O–H groups in total. The highest BCUT2D eigenvalue weighted by molar-refractivity contribution is 7.16. The minimum Gasteiger partial charge on any atom is -0.380 e. The normalized spacial score (nSPS) is 16.9.